The first-order valence-corrected chi connectivity index (χ1v) is 6.96. The first kappa shape index (κ1) is 13.4. The summed E-state index contributed by atoms with van der Waals surface area (Å²) in [6, 6.07) is 3.89. The van der Waals surface area contributed by atoms with E-state index in [1.807, 2.05) is 0 Å². The van der Waals surface area contributed by atoms with E-state index < -0.39 is 31.9 Å². The van der Waals surface area contributed by atoms with Crippen molar-refractivity contribution in [1.82, 2.24) is 0 Å². The Kier molecular flexibility index (Phi) is 3.23. The second-order valence-electron chi connectivity index (χ2n) is 3.85. The molecule has 19 heavy (non-hydrogen) atoms. The SMILES string of the molecule is CS(=O)(=O)c1cc(F)c(-c2ccc(C=O)o2)c(F)c1. The molecule has 0 aliphatic rings. The molecule has 100 valence electrons. The van der Waals surface area contributed by atoms with Crippen LogP contribution in [0.1, 0.15) is 10.6 Å². The van der Waals surface area contributed by atoms with Crippen molar-refractivity contribution in [3.05, 3.63) is 41.7 Å². The Balaban J connectivity index is 2.63. The maximum absolute atomic E-state index is 13.8. The molecule has 0 amide bonds. The molecule has 0 atom stereocenters. The predicted octanol–water partition coefficient (Wildman–Crippen LogP) is 2.44. The van der Waals surface area contributed by atoms with Crippen LogP contribution in [0.4, 0.5) is 8.78 Å². The number of hydrogen-bond acceptors (Lipinski definition) is 4. The van der Waals surface area contributed by atoms with E-state index in [1.165, 1.54) is 12.1 Å². The molecule has 2 rings (SSSR count). The molecular formula is C12H8F2O4S. The van der Waals surface area contributed by atoms with Crippen LogP contribution >= 0.6 is 0 Å². The summed E-state index contributed by atoms with van der Waals surface area (Å²) in [6.45, 7) is 0. The van der Waals surface area contributed by atoms with Gasteiger partial charge in [0.05, 0.1) is 10.5 Å². The van der Waals surface area contributed by atoms with Gasteiger partial charge in [0.1, 0.15) is 17.4 Å². The molecule has 0 radical (unpaired) electrons. The third-order valence-corrected chi connectivity index (χ3v) is 3.53. The van der Waals surface area contributed by atoms with E-state index in [0.29, 0.717) is 18.4 Å². The number of carbonyl (C=O) groups excluding carboxylic acids is 1. The second kappa shape index (κ2) is 4.58. The van der Waals surface area contributed by atoms with E-state index in [4.69, 9.17) is 4.42 Å². The van der Waals surface area contributed by atoms with Crippen LogP contribution in [-0.2, 0) is 9.84 Å². The summed E-state index contributed by atoms with van der Waals surface area (Å²) >= 11 is 0. The van der Waals surface area contributed by atoms with Crippen molar-refractivity contribution in [1.29, 1.82) is 0 Å². The van der Waals surface area contributed by atoms with E-state index in [9.17, 15) is 22.0 Å². The quantitative estimate of drug-likeness (QED) is 0.813. The summed E-state index contributed by atoms with van der Waals surface area (Å²) in [5.74, 6) is -2.42. The van der Waals surface area contributed by atoms with Crippen LogP contribution in [0, 0.1) is 11.6 Å². The molecule has 0 bridgehead atoms. The van der Waals surface area contributed by atoms with Gasteiger partial charge < -0.3 is 4.42 Å². The van der Waals surface area contributed by atoms with E-state index >= 15 is 0 Å². The molecule has 0 aliphatic carbocycles. The smallest absolute Gasteiger partial charge is 0.185 e. The van der Waals surface area contributed by atoms with Gasteiger partial charge in [-0.25, -0.2) is 17.2 Å². The molecule has 1 aromatic carbocycles. The maximum Gasteiger partial charge on any atom is 0.185 e. The largest absolute Gasteiger partial charge is 0.453 e. The first-order chi connectivity index (χ1) is 8.82. The fourth-order valence-electron chi connectivity index (χ4n) is 1.55. The van der Waals surface area contributed by atoms with E-state index in [0.717, 1.165) is 6.26 Å². The van der Waals surface area contributed by atoms with Crippen molar-refractivity contribution in [2.24, 2.45) is 0 Å². The summed E-state index contributed by atoms with van der Waals surface area (Å²) in [5, 5.41) is 0. The zero-order chi connectivity index (χ0) is 14.2. The second-order valence-corrected chi connectivity index (χ2v) is 5.87. The van der Waals surface area contributed by atoms with Crippen LogP contribution in [0.15, 0.2) is 33.6 Å². The lowest BCUT2D eigenvalue weighted by atomic mass is 10.1. The normalized spacial score (nSPS) is 11.5. The van der Waals surface area contributed by atoms with E-state index in [-0.39, 0.29) is 11.5 Å². The molecule has 0 saturated heterocycles. The van der Waals surface area contributed by atoms with Crippen molar-refractivity contribution in [2.75, 3.05) is 6.26 Å². The lowest BCUT2D eigenvalue weighted by molar-refractivity contribution is 0.110. The average Bonchev–Trinajstić information content (AvgIpc) is 2.75. The molecule has 0 fully saturated rings. The van der Waals surface area contributed by atoms with Crippen LogP contribution in [0.25, 0.3) is 11.3 Å². The summed E-state index contributed by atoms with van der Waals surface area (Å²) in [7, 11) is -3.71. The lowest BCUT2D eigenvalue weighted by Crippen LogP contribution is -2.00. The number of halogens is 2. The number of benzene rings is 1. The fourth-order valence-corrected chi connectivity index (χ4v) is 2.18. The maximum atomic E-state index is 13.8. The zero-order valence-corrected chi connectivity index (χ0v) is 10.5. The summed E-state index contributed by atoms with van der Waals surface area (Å²) in [5.41, 5.74) is -0.513. The molecule has 4 nitrogen and oxygen atoms in total. The summed E-state index contributed by atoms with van der Waals surface area (Å²) in [4.78, 5) is 9.98. The van der Waals surface area contributed by atoms with E-state index in [2.05, 4.69) is 0 Å². The van der Waals surface area contributed by atoms with Gasteiger partial charge in [-0.05, 0) is 24.3 Å². The van der Waals surface area contributed by atoms with Gasteiger partial charge in [-0.15, -0.1) is 0 Å². The van der Waals surface area contributed by atoms with Gasteiger partial charge >= 0.3 is 0 Å². The minimum atomic E-state index is -3.71. The number of furan rings is 1. The zero-order valence-electron chi connectivity index (χ0n) is 9.68. The van der Waals surface area contributed by atoms with Crippen LogP contribution < -0.4 is 0 Å². The van der Waals surface area contributed by atoms with Crippen molar-refractivity contribution >= 4 is 16.1 Å². The number of carbonyl (C=O) groups is 1. The molecule has 1 aromatic heterocycles. The third-order valence-electron chi connectivity index (χ3n) is 2.43. The molecule has 2 aromatic rings. The van der Waals surface area contributed by atoms with Gasteiger partial charge in [0.15, 0.2) is 21.9 Å². The Morgan fingerprint density at radius 1 is 1.16 bits per heavy atom. The molecule has 0 aliphatic heterocycles. The highest BCUT2D eigenvalue weighted by Gasteiger charge is 2.19. The minimum Gasteiger partial charge on any atom is -0.453 e. The Morgan fingerprint density at radius 3 is 2.16 bits per heavy atom. The van der Waals surface area contributed by atoms with Gasteiger partial charge in [0.2, 0.25) is 0 Å². The van der Waals surface area contributed by atoms with Gasteiger partial charge in [-0.1, -0.05) is 0 Å². The van der Waals surface area contributed by atoms with Gasteiger partial charge in [0.25, 0.3) is 0 Å². The average molecular weight is 286 g/mol. The van der Waals surface area contributed by atoms with Crippen molar-refractivity contribution in [3.8, 4) is 11.3 Å². The Labute approximate surface area is 107 Å². The highest BCUT2D eigenvalue weighted by molar-refractivity contribution is 7.90. The Hall–Kier alpha value is -2.02. The van der Waals surface area contributed by atoms with Gasteiger partial charge in [-0.3, -0.25) is 4.79 Å². The fraction of sp³-hybridized carbons (Fsp3) is 0.0833. The number of rotatable bonds is 3. The molecule has 0 unspecified atom stereocenters. The summed E-state index contributed by atoms with van der Waals surface area (Å²) < 4.78 is 54.9. The highest BCUT2D eigenvalue weighted by atomic mass is 32.2. The topological polar surface area (TPSA) is 64.3 Å². The molecular weight excluding hydrogens is 278 g/mol. The third kappa shape index (κ3) is 2.55. The Morgan fingerprint density at radius 2 is 1.74 bits per heavy atom. The Bertz CT molecular complexity index is 724. The van der Waals surface area contributed by atoms with Crippen LogP contribution in [0.3, 0.4) is 0 Å². The minimum absolute atomic E-state index is 0.0824. The lowest BCUT2D eigenvalue weighted by Gasteiger charge is -2.05. The molecule has 0 spiro atoms. The molecule has 0 N–H and O–H groups in total. The van der Waals surface area contributed by atoms with Gasteiger partial charge in [0, 0.05) is 6.26 Å². The van der Waals surface area contributed by atoms with Gasteiger partial charge in [-0.2, -0.15) is 0 Å². The highest BCUT2D eigenvalue weighted by Crippen LogP contribution is 2.29. The van der Waals surface area contributed by atoms with Crippen LogP contribution in [0.2, 0.25) is 0 Å². The number of hydrogen-bond donors (Lipinski definition) is 0. The standard InChI is InChI=1S/C12H8F2O4S/c1-19(16,17)8-4-9(13)12(10(14)5-8)11-3-2-7(6-15)18-11/h2-6H,1H3. The molecule has 0 saturated carbocycles. The van der Waals surface area contributed by atoms with E-state index in [1.54, 1.807) is 0 Å². The van der Waals surface area contributed by atoms with Crippen molar-refractivity contribution < 1.29 is 26.4 Å². The monoisotopic (exact) mass is 286 g/mol. The number of aldehydes is 1. The summed E-state index contributed by atoms with van der Waals surface area (Å²) in [6.07, 6.45) is 1.24. The van der Waals surface area contributed by atoms with Crippen LogP contribution in [0.5, 0.6) is 0 Å². The van der Waals surface area contributed by atoms with Crippen molar-refractivity contribution in [2.45, 2.75) is 4.90 Å². The first-order valence-electron chi connectivity index (χ1n) is 5.07. The molecule has 1 heterocycles. The predicted molar refractivity (Wildman–Crippen MR) is 62.6 cm³/mol. The number of sulfone groups is 1. The molecule has 7 heteroatoms. The van der Waals surface area contributed by atoms with Crippen molar-refractivity contribution in [3.63, 3.8) is 0 Å². The van der Waals surface area contributed by atoms with Crippen LogP contribution in [-0.4, -0.2) is 21.0 Å².